The number of rotatable bonds is 2. The fourth-order valence-corrected chi connectivity index (χ4v) is 1.64. The van der Waals surface area contributed by atoms with Gasteiger partial charge in [0.25, 0.3) is 0 Å². The van der Waals surface area contributed by atoms with Gasteiger partial charge in [-0.2, -0.15) is 10.2 Å². The van der Waals surface area contributed by atoms with Crippen molar-refractivity contribution in [1.82, 2.24) is 10.2 Å². The predicted molar refractivity (Wildman–Crippen MR) is 67.7 cm³/mol. The van der Waals surface area contributed by atoms with E-state index >= 15 is 0 Å². The summed E-state index contributed by atoms with van der Waals surface area (Å²) in [6.07, 6.45) is 2.10. The van der Waals surface area contributed by atoms with Crippen molar-refractivity contribution in [3.8, 4) is 0 Å². The molecule has 2 rings (SSSR count). The van der Waals surface area contributed by atoms with Crippen molar-refractivity contribution < 1.29 is 4.79 Å². The fraction of sp³-hybridized carbons (Fsp3) is 0.357. The number of benzene rings is 1. The Morgan fingerprint density at radius 2 is 1.94 bits per heavy atom. The molecule has 0 aliphatic carbocycles. The number of hydrogen-bond acceptors (Lipinski definition) is 3. The van der Waals surface area contributed by atoms with E-state index in [4.69, 9.17) is 0 Å². The van der Waals surface area contributed by atoms with Crippen LogP contribution in [0.4, 0.5) is 0 Å². The van der Waals surface area contributed by atoms with E-state index in [9.17, 15) is 4.79 Å². The van der Waals surface area contributed by atoms with Crippen LogP contribution in [0.1, 0.15) is 26.3 Å². The number of hydrogen-bond donors (Lipinski definition) is 0. The summed E-state index contributed by atoms with van der Waals surface area (Å²) in [7, 11) is 0. The van der Waals surface area contributed by atoms with Crippen LogP contribution in [0.3, 0.4) is 0 Å². The van der Waals surface area contributed by atoms with Gasteiger partial charge in [0.05, 0.1) is 11.7 Å². The third kappa shape index (κ3) is 2.49. The molecule has 1 aromatic carbocycles. The third-order valence-corrected chi connectivity index (χ3v) is 2.82. The highest BCUT2D eigenvalue weighted by atomic mass is 16.1. The van der Waals surface area contributed by atoms with Crippen LogP contribution in [-0.2, 0) is 11.2 Å². The Morgan fingerprint density at radius 1 is 1.24 bits per heavy atom. The maximum absolute atomic E-state index is 12.0. The van der Waals surface area contributed by atoms with Crippen LogP contribution in [0.5, 0.6) is 0 Å². The van der Waals surface area contributed by atoms with Crippen LogP contribution in [0.2, 0.25) is 0 Å². The van der Waals surface area contributed by atoms with Gasteiger partial charge in [0.1, 0.15) is 5.78 Å². The maximum Gasteiger partial charge on any atom is 0.142 e. The van der Waals surface area contributed by atoms with Gasteiger partial charge in [0.2, 0.25) is 0 Å². The molecule has 0 radical (unpaired) electrons. The van der Waals surface area contributed by atoms with Gasteiger partial charge in [-0.3, -0.25) is 4.79 Å². The second-order valence-corrected chi connectivity index (χ2v) is 5.24. The van der Waals surface area contributed by atoms with Crippen molar-refractivity contribution >= 4 is 16.7 Å². The van der Waals surface area contributed by atoms with E-state index in [2.05, 4.69) is 10.2 Å². The second-order valence-electron chi connectivity index (χ2n) is 5.24. The van der Waals surface area contributed by atoms with Crippen molar-refractivity contribution in [3.63, 3.8) is 0 Å². The lowest BCUT2D eigenvalue weighted by Gasteiger charge is -2.16. The van der Waals surface area contributed by atoms with Crippen LogP contribution in [0, 0.1) is 5.41 Å². The third-order valence-electron chi connectivity index (χ3n) is 2.82. The molecule has 0 saturated heterocycles. The first-order valence-corrected chi connectivity index (χ1v) is 5.71. The summed E-state index contributed by atoms with van der Waals surface area (Å²) in [5, 5.41) is 9.01. The Bertz CT molecular complexity index is 550. The summed E-state index contributed by atoms with van der Waals surface area (Å²) < 4.78 is 0. The lowest BCUT2D eigenvalue weighted by Crippen LogP contribution is -2.22. The Morgan fingerprint density at radius 3 is 2.65 bits per heavy atom. The Hall–Kier alpha value is -1.77. The van der Waals surface area contributed by atoms with E-state index in [1.807, 2.05) is 45.0 Å². The normalized spacial score (nSPS) is 11.7. The minimum atomic E-state index is -0.315. The summed E-state index contributed by atoms with van der Waals surface area (Å²) >= 11 is 0. The van der Waals surface area contributed by atoms with E-state index in [0.717, 1.165) is 16.5 Å². The lowest BCUT2D eigenvalue weighted by molar-refractivity contribution is -0.125. The summed E-state index contributed by atoms with van der Waals surface area (Å²) in [6, 6.07) is 7.77. The van der Waals surface area contributed by atoms with Crippen LogP contribution in [-0.4, -0.2) is 16.0 Å². The molecule has 1 aromatic heterocycles. The highest BCUT2D eigenvalue weighted by Gasteiger charge is 2.21. The zero-order chi connectivity index (χ0) is 12.5. The quantitative estimate of drug-likeness (QED) is 0.793. The average molecular weight is 228 g/mol. The van der Waals surface area contributed by atoms with Gasteiger partial charge in [-0.1, -0.05) is 39.0 Å². The van der Waals surface area contributed by atoms with Crippen LogP contribution in [0.25, 0.3) is 10.9 Å². The van der Waals surface area contributed by atoms with E-state index in [1.54, 1.807) is 6.20 Å². The number of ketones is 1. The van der Waals surface area contributed by atoms with Crippen LogP contribution in [0.15, 0.2) is 30.5 Å². The van der Waals surface area contributed by atoms with Gasteiger partial charge in [-0.05, 0) is 11.6 Å². The lowest BCUT2D eigenvalue weighted by atomic mass is 9.87. The zero-order valence-corrected chi connectivity index (χ0v) is 10.4. The van der Waals surface area contributed by atoms with Gasteiger partial charge in [-0.15, -0.1) is 0 Å². The number of nitrogens with zero attached hydrogens (tertiary/aromatic N) is 2. The Labute approximate surface area is 101 Å². The largest absolute Gasteiger partial charge is 0.299 e. The second kappa shape index (κ2) is 4.24. The first-order chi connectivity index (χ1) is 7.98. The van der Waals surface area contributed by atoms with E-state index in [0.29, 0.717) is 6.42 Å². The first kappa shape index (κ1) is 11.7. The molecule has 0 unspecified atom stereocenters. The van der Waals surface area contributed by atoms with Gasteiger partial charge in [0.15, 0.2) is 0 Å². The molecular weight excluding hydrogens is 212 g/mol. The molecule has 1 heterocycles. The van der Waals surface area contributed by atoms with E-state index < -0.39 is 0 Å². The molecule has 0 bridgehead atoms. The molecule has 0 saturated carbocycles. The molecule has 0 aliphatic heterocycles. The topological polar surface area (TPSA) is 42.9 Å². The molecule has 17 heavy (non-hydrogen) atoms. The average Bonchev–Trinajstić information content (AvgIpc) is 2.28. The molecule has 2 aromatic rings. The minimum absolute atomic E-state index is 0.218. The van der Waals surface area contributed by atoms with E-state index in [1.165, 1.54) is 0 Å². The number of Topliss-reactive ketones (excluding diaryl/α,β-unsaturated/α-hetero) is 1. The first-order valence-electron chi connectivity index (χ1n) is 5.71. The smallest absolute Gasteiger partial charge is 0.142 e. The van der Waals surface area contributed by atoms with Gasteiger partial charge >= 0.3 is 0 Å². The number of carbonyl (C=O) groups is 1. The SMILES string of the molecule is CC(C)(C)C(=O)Cc1cnnc2ccccc12. The monoisotopic (exact) mass is 228 g/mol. The summed E-state index contributed by atoms with van der Waals surface area (Å²) in [4.78, 5) is 12.0. The van der Waals surface area contributed by atoms with Crippen molar-refractivity contribution in [2.75, 3.05) is 0 Å². The summed E-state index contributed by atoms with van der Waals surface area (Å²) in [6.45, 7) is 5.81. The number of aromatic nitrogens is 2. The fourth-order valence-electron chi connectivity index (χ4n) is 1.64. The molecule has 3 heteroatoms. The molecule has 0 N–H and O–H groups in total. The van der Waals surface area contributed by atoms with Crippen LogP contribution < -0.4 is 0 Å². The Kier molecular flexibility index (Phi) is 2.92. The summed E-state index contributed by atoms with van der Waals surface area (Å²) in [5.74, 6) is 0.218. The van der Waals surface area contributed by atoms with Crippen molar-refractivity contribution in [2.45, 2.75) is 27.2 Å². The zero-order valence-electron chi connectivity index (χ0n) is 10.4. The predicted octanol–water partition coefficient (Wildman–Crippen LogP) is 2.79. The molecule has 0 fully saturated rings. The highest BCUT2D eigenvalue weighted by molar-refractivity contribution is 5.90. The van der Waals surface area contributed by atoms with Crippen molar-refractivity contribution in [1.29, 1.82) is 0 Å². The Balaban J connectivity index is 2.40. The molecular formula is C14H16N2O. The highest BCUT2D eigenvalue weighted by Crippen LogP contribution is 2.21. The maximum atomic E-state index is 12.0. The molecule has 88 valence electrons. The molecule has 3 nitrogen and oxygen atoms in total. The molecule has 0 amide bonds. The summed E-state index contributed by atoms with van der Waals surface area (Å²) in [5.41, 5.74) is 1.48. The number of fused-ring (bicyclic) bond motifs is 1. The van der Waals surface area contributed by atoms with Gasteiger partial charge < -0.3 is 0 Å². The van der Waals surface area contributed by atoms with Gasteiger partial charge in [-0.25, -0.2) is 0 Å². The molecule has 0 atom stereocenters. The standard InChI is InChI=1S/C14H16N2O/c1-14(2,3)13(17)8-10-9-15-16-12-7-5-4-6-11(10)12/h4-7,9H,8H2,1-3H3. The van der Waals surface area contributed by atoms with Gasteiger partial charge in [0, 0.05) is 17.2 Å². The van der Waals surface area contributed by atoms with Crippen molar-refractivity contribution in [3.05, 3.63) is 36.0 Å². The molecule has 0 aliphatic rings. The van der Waals surface area contributed by atoms with Crippen LogP contribution >= 0.6 is 0 Å². The number of carbonyl (C=O) groups excluding carboxylic acids is 1. The van der Waals surface area contributed by atoms with E-state index in [-0.39, 0.29) is 11.2 Å². The molecule has 0 spiro atoms. The minimum Gasteiger partial charge on any atom is -0.299 e. The van der Waals surface area contributed by atoms with Crippen molar-refractivity contribution in [2.24, 2.45) is 5.41 Å².